The van der Waals surface area contributed by atoms with Crippen molar-refractivity contribution in [3.05, 3.63) is 64.8 Å². The first kappa shape index (κ1) is 25.5. The minimum absolute atomic E-state index is 0.00790. The van der Waals surface area contributed by atoms with Crippen LogP contribution >= 0.6 is 22.7 Å². The zero-order valence-electron chi connectivity index (χ0n) is 20.0. The van der Waals surface area contributed by atoms with Gasteiger partial charge in [0.25, 0.3) is 0 Å². The number of nitrogens with zero attached hydrogens (tertiary/aromatic N) is 2. The fraction of sp³-hybridized carbons (Fsp3) is 0.269. The SMILES string of the molecule is CC(=O)N1CCc2c(sc(NC(=O)CCCS(=O)(=O)c3ccc(F)cc3)c2-c2nc3ccccc3s2)C1. The Balaban J connectivity index is 1.36. The molecule has 0 bridgehead atoms. The number of thiazole rings is 1. The lowest BCUT2D eigenvalue weighted by molar-refractivity contribution is -0.129. The molecule has 2 aromatic heterocycles. The molecule has 3 heterocycles. The number of thiophene rings is 1. The number of amides is 2. The van der Waals surface area contributed by atoms with E-state index in [2.05, 4.69) is 5.32 Å². The predicted molar refractivity (Wildman–Crippen MR) is 144 cm³/mol. The molecule has 5 rings (SSSR count). The molecule has 0 saturated heterocycles. The van der Waals surface area contributed by atoms with Crippen LogP contribution in [0, 0.1) is 5.82 Å². The van der Waals surface area contributed by atoms with E-state index in [9.17, 15) is 22.4 Å². The fourth-order valence-corrected chi connectivity index (χ4v) is 8.04. The molecule has 1 aliphatic heterocycles. The number of benzene rings is 2. The van der Waals surface area contributed by atoms with Crippen molar-refractivity contribution < 1.29 is 22.4 Å². The number of rotatable bonds is 7. The molecule has 2 aromatic carbocycles. The lowest BCUT2D eigenvalue weighted by Gasteiger charge is -2.26. The van der Waals surface area contributed by atoms with Gasteiger partial charge >= 0.3 is 0 Å². The lowest BCUT2D eigenvalue weighted by Crippen LogP contribution is -2.33. The summed E-state index contributed by atoms with van der Waals surface area (Å²) in [4.78, 5) is 32.5. The van der Waals surface area contributed by atoms with Crippen molar-refractivity contribution in [2.45, 2.75) is 37.6 Å². The van der Waals surface area contributed by atoms with Gasteiger partial charge in [0.15, 0.2) is 9.84 Å². The van der Waals surface area contributed by atoms with Gasteiger partial charge in [0.2, 0.25) is 11.8 Å². The Morgan fingerprint density at radius 1 is 1.11 bits per heavy atom. The molecule has 0 unspecified atom stereocenters. The number of anilines is 1. The summed E-state index contributed by atoms with van der Waals surface area (Å²) in [5.74, 6) is -1.01. The van der Waals surface area contributed by atoms with Crippen LogP contribution < -0.4 is 5.32 Å². The number of carbonyl (C=O) groups is 2. The molecule has 0 radical (unpaired) electrons. The van der Waals surface area contributed by atoms with Crippen molar-refractivity contribution in [3.8, 4) is 10.6 Å². The van der Waals surface area contributed by atoms with Gasteiger partial charge in [0, 0.05) is 30.3 Å². The maximum absolute atomic E-state index is 13.1. The molecule has 0 aliphatic carbocycles. The first-order valence-electron chi connectivity index (χ1n) is 11.8. The van der Waals surface area contributed by atoms with Crippen LogP contribution in [0.5, 0.6) is 0 Å². The third-order valence-corrected chi connectivity index (χ3v) is 10.3. The van der Waals surface area contributed by atoms with E-state index in [1.807, 2.05) is 24.3 Å². The van der Waals surface area contributed by atoms with Crippen LogP contribution in [0.25, 0.3) is 20.8 Å². The maximum Gasteiger partial charge on any atom is 0.225 e. The van der Waals surface area contributed by atoms with E-state index in [0.29, 0.717) is 24.5 Å². The monoisotopic (exact) mass is 557 g/mol. The molecule has 1 N–H and O–H groups in total. The minimum Gasteiger partial charge on any atom is -0.337 e. The number of fused-ring (bicyclic) bond motifs is 2. The molecule has 0 spiro atoms. The summed E-state index contributed by atoms with van der Waals surface area (Å²) in [6.07, 6.45) is 0.815. The van der Waals surface area contributed by atoms with E-state index < -0.39 is 15.7 Å². The molecule has 0 atom stereocenters. The molecule has 2 amide bonds. The van der Waals surface area contributed by atoms with E-state index in [1.54, 1.807) is 23.2 Å². The van der Waals surface area contributed by atoms with E-state index in [-0.39, 0.29) is 35.3 Å². The number of halogens is 1. The van der Waals surface area contributed by atoms with Gasteiger partial charge in [-0.2, -0.15) is 0 Å². The molecule has 11 heteroatoms. The standard InChI is InChI=1S/C26H24FN3O4S3/c1-16(31)30-13-12-19-22(15-30)36-26(24(19)25-28-20-5-2-3-6-21(20)35-25)29-23(32)7-4-14-37(33,34)18-10-8-17(27)9-11-18/h2-3,5-6,8-11H,4,7,12-15H2,1H3,(H,29,32). The topological polar surface area (TPSA) is 96.4 Å². The van der Waals surface area contributed by atoms with Crippen molar-refractivity contribution in [2.75, 3.05) is 17.6 Å². The molecule has 192 valence electrons. The number of nitrogens with one attached hydrogen (secondary N) is 1. The Hall–Kier alpha value is -3.15. The lowest BCUT2D eigenvalue weighted by atomic mass is 10.0. The van der Waals surface area contributed by atoms with E-state index in [0.717, 1.165) is 43.4 Å². The van der Waals surface area contributed by atoms with Crippen molar-refractivity contribution in [1.29, 1.82) is 0 Å². The van der Waals surface area contributed by atoms with E-state index in [4.69, 9.17) is 4.98 Å². The van der Waals surface area contributed by atoms with Crippen molar-refractivity contribution in [2.24, 2.45) is 0 Å². The van der Waals surface area contributed by atoms with Crippen molar-refractivity contribution in [3.63, 3.8) is 0 Å². The summed E-state index contributed by atoms with van der Waals surface area (Å²) < 4.78 is 39.2. The van der Waals surface area contributed by atoms with Gasteiger partial charge in [-0.05, 0) is 54.8 Å². The third-order valence-electron chi connectivity index (χ3n) is 6.25. The Morgan fingerprint density at radius 3 is 2.59 bits per heavy atom. The van der Waals surface area contributed by atoms with Gasteiger partial charge in [-0.15, -0.1) is 22.7 Å². The maximum atomic E-state index is 13.1. The Bertz CT molecular complexity index is 1560. The van der Waals surface area contributed by atoms with Crippen LogP contribution in [-0.2, 0) is 32.4 Å². The second-order valence-electron chi connectivity index (χ2n) is 8.81. The molecule has 4 aromatic rings. The molecule has 37 heavy (non-hydrogen) atoms. The molecule has 0 fully saturated rings. The minimum atomic E-state index is -3.62. The van der Waals surface area contributed by atoms with Crippen LogP contribution in [0.2, 0.25) is 0 Å². The summed E-state index contributed by atoms with van der Waals surface area (Å²) in [7, 11) is -3.62. The van der Waals surface area contributed by atoms with E-state index in [1.165, 1.54) is 23.5 Å². The van der Waals surface area contributed by atoms with Crippen LogP contribution in [-0.4, -0.2) is 42.4 Å². The van der Waals surface area contributed by atoms with Crippen molar-refractivity contribution >= 4 is 59.5 Å². The van der Waals surface area contributed by atoms with Crippen LogP contribution in [0.15, 0.2) is 53.4 Å². The number of sulfone groups is 1. The first-order chi connectivity index (χ1) is 17.7. The quantitative estimate of drug-likeness (QED) is 0.313. The second kappa shape index (κ2) is 10.3. The largest absolute Gasteiger partial charge is 0.337 e. The average Bonchev–Trinajstić information content (AvgIpc) is 3.44. The zero-order valence-corrected chi connectivity index (χ0v) is 22.4. The summed E-state index contributed by atoms with van der Waals surface area (Å²) >= 11 is 2.99. The molecule has 7 nitrogen and oxygen atoms in total. The summed E-state index contributed by atoms with van der Waals surface area (Å²) in [6.45, 7) is 2.64. The van der Waals surface area contributed by atoms with E-state index >= 15 is 0 Å². The highest BCUT2D eigenvalue weighted by molar-refractivity contribution is 7.91. The Kier molecular flexibility index (Phi) is 7.11. The van der Waals surface area contributed by atoms with Gasteiger partial charge in [-0.25, -0.2) is 17.8 Å². The second-order valence-corrected chi connectivity index (χ2v) is 13.1. The van der Waals surface area contributed by atoms with Gasteiger partial charge in [0.1, 0.15) is 15.8 Å². The Morgan fingerprint density at radius 2 is 1.86 bits per heavy atom. The average molecular weight is 558 g/mol. The highest BCUT2D eigenvalue weighted by atomic mass is 32.2. The third kappa shape index (κ3) is 5.43. The number of carbonyl (C=O) groups excluding carboxylic acids is 2. The summed E-state index contributed by atoms with van der Waals surface area (Å²) in [5.41, 5.74) is 2.86. The number of aromatic nitrogens is 1. The van der Waals surface area contributed by atoms with Crippen molar-refractivity contribution in [1.82, 2.24) is 9.88 Å². The fourth-order valence-electron chi connectivity index (χ4n) is 4.34. The summed E-state index contributed by atoms with van der Waals surface area (Å²) in [5, 5.41) is 4.46. The van der Waals surface area contributed by atoms with Gasteiger partial charge in [-0.3, -0.25) is 9.59 Å². The van der Waals surface area contributed by atoms with Crippen LogP contribution in [0.4, 0.5) is 9.39 Å². The first-order valence-corrected chi connectivity index (χ1v) is 15.0. The smallest absolute Gasteiger partial charge is 0.225 e. The van der Waals surface area contributed by atoms with Crippen LogP contribution in [0.1, 0.15) is 30.2 Å². The van der Waals surface area contributed by atoms with Gasteiger partial charge in [0.05, 0.1) is 27.4 Å². The Labute approximate surface area is 221 Å². The van der Waals surface area contributed by atoms with Gasteiger partial charge < -0.3 is 10.2 Å². The summed E-state index contributed by atoms with van der Waals surface area (Å²) in [6, 6.07) is 12.5. The molecule has 1 aliphatic rings. The number of hydrogen-bond acceptors (Lipinski definition) is 7. The normalized spacial score (nSPS) is 13.5. The predicted octanol–water partition coefficient (Wildman–Crippen LogP) is 5.26. The zero-order chi connectivity index (χ0) is 26.2. The molecular formula is C26H24FN3O4S3. The highest BCUT2D eigenvalue weighted by Crippen LogP contribution is 2.45. The number of hydrogen-bond donors (Lipinski definition) is 1. The van der Waals surface area contributed by atoms with Crippen LogP contribution in [0.3, 0.4) is 0 Å². The highest BCUT2D eigenvalue weighted by Gasteiger charge is 2.28. The molecule has 0 saturated carbocycles. The number of para-hydroxylation sites is 1. The van der Waals surface area contributed by atoms with Gasteiger partial charge in [-0.1, -0.05) is 12.1 Å². The molecular weight excluding hydrogens is 534 g/mol.